The molecule has 1 heterocycles. The summed E-state index contributed by atoms with van der Waals surface area (Å²) in [5.74, 6) is 0.417. The zero-order chi connectivity index (χ0) is 17.7. The summed E-state index contributed by atoms with van der Waals surface area (Å²) in [5, 5.41) is 0. The lowest BCUT2D eigenvalue weighted by molar-refractivity contribution is 0.0261. The molecule has 1 fully saturated rings. The van der Waals surface area contributed by atoms with Crippen LogP contribution in [0, 0.1) is 5.92 Å². The fourth-order valence-electron chi connectivity index (χ4n) is 2.85. The van der Waals surface area contributed by atoms with Gasteiger partial charge in [0.25, 0.3) is 0 Å². The summed E-state index contributed by atoms with van der Waals surface area (Å²) in [5.41, 5.74) is 5.19. The first-order chi connectivity index (χ1) is 11.3. The third-order valence-electron chi connectivity index (χ3n) is 3.87. The van der Waals surface area contributed by atoms with Gasteiger partial charge in [0.1, 0.15) is 5.60 Å². The van der Waals surface area contributed by atoms with E-state index in [9.17, 15) is 4.79 Å². The standard InChI is InChI=1S/C21H29NO2/c1-16(2)13-14-18(17-10-7-6-8-11-17)19-12-9-15-22(19)20(23)24-21(3,4)5/h6-8,10-11,13,16,19H,9,12,15H2,1-5H3. The van der Waals surface area contributed by atoms with Crippen LogP contribution in [0.2, 0.25) is 0 Å². The second-order valence-corrected chi connectivity index (χ2v) is 7.67. The molecule has 3 nitrogen and oxygen atoms in total. The molecule has 0 bridgehead atoms. The van der Waals surface area contributed by atoms with E-state index in [2.05, 4.69) is 37.8 Å². The Morgan fingerprint density at radius 3 is 2.54 bits per heavy atom. The van der Waals surface area contributed by atoms with Gasteiger partial charge in [-0.1, -0.05) is 44.2 Å². The Bertz CT molecular complexity index is 619. The van der Waals surface area contributed by atoms with Gasteiger partial charge in [0.15, 0.2) is 0 Å². The van der Waals surface area contributed by atoms with Crippen LogP contribution in [0.25, 0.3) is 5.57 Å². The van der Waals surface area contributed by atoms with Crippen molar-refractivity contribution in [3.8, 4) is 0 Å². The van der Waals surface area contributed by atoms with E-state index in [4.69, 9.17) is 4.74 Å². The zero-order valence-electron chi connectivity index (χ0n) is 15.5. The highest BCUT2D eigenvalue weighted by molar-refractivity contribution is 5.76. The van der Waals surface area contributed by atoms with E-state index in [0.29, 0.717) is 5.92 Å². The lowest BCUT2D eigenvalue weighted by atomic mass is 9.97. The number of nitrogens with zero attached hydrogens (tertiary/aromatic N) is 1. The maximum absolute atomic E-state index is 12.6. The highest BCUT2D eigenvalue weighted by Gasteiger charge is 2.34. The minimum atomic E-state index is -0.478. The van der Waals surface area contributed by atoms with E-state index in [0.717, 1.165) is 30.5 Å². The Labute approximate surface area is 146 Å². The third-order valence-corrected chi connectivity index (χ3v) is 3.87. The van der Waals surface area contributed by atoms with Crippen LogP contribution in [0.15, 0.2) is 42.1 Å². The molecule has 1 atom stereocenters. The molecule has 0 radical (unpaired) electrons. The number of ether oxygens (including phenoxy) is 1. The largest absolute Gasteiger partial charge is 0.444 e. The Morgan fingerprint density at radius 2 is 1.96 bits per heavy atom. The molecule has 1 saturated heterocycles. The maximum atomic E-state index is 12.6. The van der Waals surface area contributed by atoms with Gasteiger partial charge in [0.05, 0.1) is 6.04 Å². The van der Waals surface area contributed by atoms with Crippen molar-refractivity contribution in [2.24, 2.45) is 5.92 Å². The molecule has 1 aliphatic heterocycles. The SMILES string of the molecule is CC(C)C=C=C(c1ccccc1)C1CCCN1C(=O)OC(C)(C)C. The molecule has 1 aromatic rings. The highest BCUT2D eigenvalue weighted by Crippen LogP contribution is 2.31. The van der Waals surface area contributed by atoms with Crippen molar-refractivity contribution in [2.45, 2.75) is 59.1 Å². The Hall–Kier alpha value is -1.99. The van der Waals surface area contributed by atoms with Crippen LogP contribution in [0.1, 0.15) is 53.0 Å². The van der Waals surface area contributed by atoms with E-state index in [1.54, 1.807) is 0 Å². The van der Waals surface area contributed by atoms with Crippen LogP contribution in [0.4, 0.5) is 4.79 Å². The molecule has 0 spiro atoms. The van der Waals surface area contributed by atoms with Crippen LogP contribution < -0.4 is 0 Å². The smallest absolute Gasteiger partial charge is 0.410 e. The fourth-order valence-corrected chi connectivity index (χ4v) is 2.85. The molecule has 2 rings (SSSR count). The summed E-state index contributed by atoms with van der Waals surface area (Å²) in [6, 6.07) is 10.3. The normalized spacial score (nSPS) is 17.6. The van der Waals surface area contributed by atoms with Crippen molar-refractivity contribution in [1.29, 1.82) is 0 Å². The predicted octanol–water partition coefficient (Wildman–Crippen LogP) is 5.28. The molecule has 130 valence electrons. The van der Waals surface area contributed by atoms with Gasteiger partial charge in [-0.2, -0.15) is 0 Å². The van der Waals surface area contributed by atoms with Gasteiger partial charge >= 0.3 is 6.09 Å². The zero-order valence-corrected chi connectivity index (χ0v) is 15.5. The van der Waals surface area contributed by atoms with Crippen LogP contribution in [-0.4, -0.2) is 29.2 Å². The summed E-state index contributed by atoms with van der Waals surface area (Å²) in [4.78, 5) is 14.5. The summed E-state index contributed by atoms with van der Waals surface area (Å²) in [6.45, 7) is 10.7. The average molecular weight is 327 g/mol. The summed E-state index contributed by atoms with van der Waals surface area (Å²) in [7, 11) is 0. The topological polar surface area (TPSA) is 29.5 Å². The fraction of sp³-hybridized carbons (Fsp3) is 0.524. The van der Waals surface area contributed by atoms with Crippen LogP contribution >= 0.6 is 0 Å². The number of carbonyl (C=O) groups excluding carboxylic acids is 1. The predicted molar refractivity (Wildman–Crippen MR) is 98.7 cm³/mol. The Morgan fingerprint density at radius 1 is 1.29 bits per heavy atom. The molecule has 24 heavy (non-hydrogen) atoms. The van der Waals surface area contributed by atoms with Crippen molar-refractivity contribution < 1.29 is 9.53 Å². The number of benzene rings is 1. The number of rotatable bonds is 3. The molecule has 0 aromatic heterocycles. The van der Waals surface area contributed by atoms with E-state index in [-0.39, 0.29) is 12.1 Å². The number of likely N-dealkylation sites (tertiary alicyclic amines) is 1. The van der Waals surface area contributed by atoms with Crippen molar-refractivity contribution in [2.75, 3.05) is 6.54 Å². The molecule has 1 aliphatic rings. The molecule has 3 heteroatoms. The second kappa shape index (κ2) is 7.72. The minimum Gasteiger partial charge on any atom is -0.444 e. The number of hydrogen-bond donors (Lipinski definition) is 0. The van der Waals surface area contributed by atoms with Gasteiger partial charge in [-0.3, -0.25) is 0 Å². The van der Waals surface area contributed by atoms with Crippen LogP contribution in [0.5, 0.6) is 0 Å². The lowest BCUT2D eigenvalue weighted by Crippen LogP contribution is -2.40. The van der Waals surface area contributed by atoms with E-state index < -0.39 is 5.60 Å². The maximum Gasteiger partial charge on any atom is 0.410 e. The van der Waals surface area contributed by atoms with E-state index in [1.165, 1.54) is 0 Å². The van der Waals surface area contributed by atoms with Crippen molar-refractivity contribution in [3.05, 3.63) is 47.7 Å². The van der Waals surface area contributed by atoms with Gasteiger partial charge in [0.2, 0.25) is 0 Å². The Balaban J connectivity index is 2.35. The average Bonchev–Trinajstić information content (AvgIpc) is 2.96. The number of amides is 1. The summed E-state index contributed by atoms with van der Waals surface area (Å²) in [6.07, 6.45) is 3.78. The van der Waals surface area contributed by atoms with Gasteiger partial charge in [-0.25, -0.2) is 4.79 Å². The molecular formula is C21H29NO2. The molecular weight excluding hydrogens is 298 g/mol. The molecule has 1 aromatic carbocycles. The quantitative estimate of drug-likeness (QED) is 0.707. The van der Waals surface area contributed by atoms with E-state index >= 15 is 0 Å². The summed E-state index contributed by atoms with van der Waals surface area (Å²) < 4.78 is 5.60. The highest BCUT2D eigenvalue weighted by atomic mass is 16.6. The first-order valence-corrected chi connectivity index (χ1v) is 8.79. The molecule has 1 unspecified atom stereocenters. The second-order valence-electron chi connectivity index (χ2n) is 7.67. The van der Waals surface area contributed by atoms with Crippen molar-refractivity contribution in [3.63, 3.8) is 0 Å². The monoisotopic (exact) mass is 327 g/mol. The van der Waals surface area contributed by atoms with Gasteiger partial charge in [0, 0.05) is 12.1 Å². The Kier molecular flexibility index (Phi) is 5.90. The van der Waals surface area contributed by atoms with Crippen molar-refractivity contribution in [1.82, 2.24) is 4.90 Å². The first kappa shape index (κ1) is 18.4. The van der Waals surface area contributed by atoms with Crippen LogP contribution in [0.3, 0.4) is 0 Å². The molecule has 1 amide bonds. The minimum absolute atomic E-state index is 0.0252. The molecule has 0 saturated carbocycles. The van der Waals surface area contributed by atoms with Gasteiger partial charge in [-0.15, -0.1) is 5.73 Å². The van der Waals surface area contributed by atoms with Gasteiger partial charge in [-0.05, 0) is 51.2 Å². The third kappa shape index (κ3) is 5.01. The van der Waals surface area contributed by atoms with Crippen molar-refractivity contribution >= 4 is 11.7 Å². The van der Waals surface area contributed by atoms with Gasteiger partial charge < -0.3 is 9.64 Å². The molecule has 0 N–H and O–H groups in total. The molecule has 0 aliphatic carbocycles. The van der Waals surface area contributed by atoms with Crippen LogP contribution in [-0.2, 0) is 4.74 Å². The number of hydrogen-bond acceptors (Lipinski definition) is 2. The lowest BCUT2D eigenvalue weighted by Gasteiger charge is -2.29. The number of carbonyl (C=O) groups is 1. The first-order valence-electron chi connectivity index (χ1n) is 8.79. The van der Waals surface area contributed by atoms with E-state index in [1.807, 2.05) is 43.9 Å². The summed E-state index contributed by atoms with van der Waals surface area (Å²) >= 11 is 0.